The van der Waals surface area contributed by atoms with Crippen LogP contribution in [0, 0.1) is 0 Å². The molecule has 28 heavy (non-hydrogen) atoms. The zero-order valence-corrected chi connectivity index (χ0v) is 15.3. The number of amides is 2. The molecule has 0 saturated carbocycles. The molecule has 0 radical (unpaired) electrons. The fraction of sp³-hybridized carbons (Fsp3) is 0.222. The first-order valence-electron chi connectivity index (χ1n) is 8.08. The number of carbonyl (C=O) groups excluding carboxylic acids is 2. The average molecular weight is 414 g/mol. The third-order valence-corrected chi connectivity index (χ3v) is 4.14. The van der Waals surface area contributed by atoms with E-state index >= 15 is 0 Å². The summed E-state index contributed by atoms with van der Waals surface area (Å²) in [5.74, 6) is -0.976. The van der Waals surface area contributed by atoms with Crippen LogP contribution >= 0.6 is 11.6 Å². The summed E-state index contributed by atoms with van der Waals surface area (Å²) < 4.78 is 42.0. The van der Waals surface area contributed by atoms with E-state index in [2.05, 4.69) is 10.6 Å². The summed E-state index contributed by atoms with van der Waals surface area (Å²) in [6, 6.07) is 8.59. The van der Waals surface area contributed by atoms with Gasteiger partial charge in [-0.2, -0.15) is 13.2 Å². The molecule has 0 atom stereocenters. The van der Waals surface area contributed by atoms with Crippen molar-refractivity contribution in [3.8, 4) is 5.75 Å². The molecule has 10 heteroatoms. The van der Waals surface area contributed by atoms with E-state index in [9.17, 15) is 22.8 Å². The SMILES string of the molecule is CN1CC(=O)Nc2cc(C(=O)Nc3cc(Cl)ccc3OCC(F)(F)F)ccc21. The van der Waals surface area contributed by atoms with Gasteiger partial charge >= 0.3 is 6.18 Å². The maximum absolute atomic E-state index is 12.6. The van der Waals surface area contributed by atoms with Crippen molar-refractivity contribution in [3.05, 3.63) is 47.0 Å². The Kier molecular flexibility index (Phi) is 5.37. The van der Waals surface area contributed by atoms with Gasteiger partial charge in [0.2, 0.25) is 5.91 Å². The van der Waals surface area contributed by atoms with Crippen molar-refractivity contribution in [1.82, 2.24) is 0 Å². The second-order valence-electron chi connectivity index (χ2n) is 6.13. The van der Waals surface area contributed by atoms with Gasteiger partial charge < -0.3 is 20.3 Å². The Labute approximate surface area is 163 Å². The Hall–Kier alpha value is -2.94. The number of hydrogen-bond acceptors (Lipinski definition) is 4. The summed E-state index contributed by atoms with van der Waals surface area (Å²) in [5, 5.41) is 5.38. The first-order chi connectivity index (χ1) is 13.1. The van der Waals surface area contributed by atoms with E-state index in [0.717, 1.165) is 5.69 Å². The minimum atomic E-state index is -4.52. The van der Waals surface area contributed by atoms with Crippen molar-refractivity contribution in [3.63, 3.8) is 0 Å². The Morgan fingerprint density at radius 3 is 2.75 bits per heavy atom. The molecule has 0 saturated heterocycles. The van der Waals surface area contributed by atoms with Crippen molar-refractivity contribution in [2.24, 2.45) is 0 Å². The van der Waals surface area contributed by atoms with Gasteiger partial charge in [0.15, 0.2) is 6.61 Å². The minimum absolute atomic E-state index is 0.000578. The second kappa shape index (κ2) is 7.59. The number of fused-ring (bicyclic) bond motifs is 1. The van der Waals surface area contributed by atoms with Gasteiger partial charge in [-0.1, -0.05) is 11.6 Å². The van der Waals surface area contributed by atoms with E-state index in [1.165, 1.54) is 24.3 Å². The summed E-state index contributed by atoms with van der Waals surface area (Å²) in [4.78, 5) is 26.0. The zero-order valence-electron chi connectivity index (χ0n) is 14.6. The average Bonchev–Trinajstić information content (AvgIpc) is 2.59. The quantitative estimate of drug-likeness (QED) is 0.797. The number of anilines is 3. The summed E-state index contributed by atoms with van der Waals surface area (Å²) in [6.45, 7) is -1.31. The van der Waals surface area contributed by atoms with Gasteiger partial charge in [0, 0.05) is 17.6 Å². The van der Waals surface area contributed by atoms with Crippen LogP contribution in [0.15, 0.2) is 36.4 Å². The highest BCUT2D eigenvalue weighted by atomic mass is 35.5. The van der Waals surface area contributed by atoms with Crippen LogP contribution in [0.5, 0.6) is 5.75 Å². The number of carbonyl (C=O) groups is 2. The number of nitrogens with one attached hydrogen (secondary N) is 2. The van der Waals surface area contributed by atoms with E-state index in [1.54, 1.807) is 24.1 Å². The van der Waals surface area contributed by atoms with Crippen LogP contribution in [-0.2, 0) is 4.79 Å². The summed E-state index contributed by atoms with van der Waals surface area (Å²) in [7, 11) is 1.74. The highest BCUT2D eigenvalue weighted by Crippen LogP contribution is 2.32. The standard InChI is InChI=1S/C18H15ClF3N3O3/c1-25-8-16(26)23-12-6-10(2-4-14(12)25)17(27)24-13-7-11(19)3-5-15(13)28-9-18(20,21)22/h2-7H,8-9H2,1H3,(H,23,26)(H,24,27). The van der Waals surface area contributed by atoms with Crippen molar-refractivity contribution in [1.29, 1.82) is 0 Å². The summed E-state index contributed by atoms with van der Waals surface area (Å²) in [6.07, 6.45) is -4.52. The number of ether oxygens (including phenoxy) is 1. The van der Waals surface area contributed by atoms with Crippen molar-refractivity contribution in [2.45, 2.75) is 6.18 Å². The van der Waals surface area contributed by atoms with E-state index in [4.69, 9.17) is 16.3 Å². The van der Waals surface area contributed by atoms with Crippen LogP contribution in [0.2, 0.25) is 5.02 Å². The van der Waals surface area contributed by atoms with E-state index in [0.29, 0.717) is 5.69 Å². The van der Waals surface area contributed by atoms with Crippen LogP contribution < -0.4 is 20.3 Å². The molecular formula is C18H15ClF3N3O3. The number of alkyl halides is 3. The Morgan fingerprint density at radius 2 is 2.04 bits per heavy atom. The van der Waals surface area contributed by atoms with Crippen LogP contribution in [0.4, 0.5) is 30.2 Å². The highest BCUT2D eigenvalue weighted by Gasteiger charge is 2.29. The Bertz CT molecular complexity index is 934. The van der Waals surface area contributed by atoms with Gasteiger partial charge in [0.05, 0.1) is 23.6 Å². The van der Waals surface area contributed by atoms with Crippen LogP contribution in [0.1, 0.15) is 10.4 Å². The molecule has 2 amide bonds. The molecule has 1 aliphatic heterocycles. The minimum Gasteiger partial charge on any atom is -0.482 e. The van der Waals surface area contributed by atoms with Gasteiger partial charge in [-0.3, -0.25) is 9.59 Å². The first kappa shape index (κ1) is 19.8. The fourth-order valence-electron chi connectivity index (χ4n) is 2.68. The molecular weight excluding hydrogens is 399 g/mol. The topological polar surface area (TPSA) is 70.7 Å². The predicted molar refractivity (Wildman–Crippen MR) is 99.3 cm³/mol. The van der Waals surface area contributed by atoms with Crippen LogP contribution in [0.25, 0.3) is 0 Å². The first-order valence-corrected chi connectivity index (χ1v) is 8.46. The molecule has 148 valence electrons. The third kappa shape index (κ3) is 4.66. The number of benzene rings is 2. The molecule has 3 rings (SSSR count). The van der Waals surface area contributed by atoms with Gasteiger partial charge in [0.25, 0.3) is 5.91 Å². The lowest BCUT2D eigenvalue weighted by Crippen LogP contribution is -2.35. The Morgan fingerprint density at radius 1 is 1.29 bits per heavy atom. The lowest BCUT2D eigenvalue weighted by atomic mass is 10.1. The smallest absolute Gasteiger partial charge is 0.422 e. The molecule has 0 fully saturated rings. The molecule has 2 aromatic rings. The van der Waals surface area contributed by atoms with Gasteiger partial charge in [-0.05, 0) is 36.4 Å². The molecule has 6 nitrogen and oxygen atoms in total. The summed E-state index contributed by atoms with van der Waals surface area (Å²) in [5.41, 5.74) is 1.41. The molecule has 0 unspecified atom stereocenters. The highest BCUT2D eigenvalue weighted by molar-refractivity contribution is 6.31. The molecule has 0 aromatic heterocycles. The van der Waals surface area contributed by atoms with Crippen molar-refractivity contribution in [2.75, 3.05) is 35.7 Å². The fourth-order valence-corrected chi connectivity index (χ4v) is 2.85. The van der Waals surface area contributed by atoms with Gasteiger partial charge in [-0.15, -0.1) is 0 Å². The van der Waals surface area contributed by atoms with Crippen LogP contribution in [-0.4, -0.2) is 38.2 Å². The largest absolute Gasteiger partial charge is 0.482 e. The number of hydrogen-bond donors (Lipinski definition) is 2. The van der Waals surface area contributed by atoms with Crippen molar-refractivity contribution < 1.29 is 27.5 Å². The number of nitrogens with zero attached hydrogens (tertiary/aromatic N) is 1. The maximum atomic E-state index is 12.6. The van der Waals surface area contributed by atoms with Gasteiger partial charge in [0.1, 0.15) is 5.75 Å². The summed E-state index contributed by atoms with van der Waals surface area (Å²) >= 11 is 5.88. The predicted octanol–water partition coefficient (Wildman–Crippen LogP) is 3.92. The molecule has 2 N–H and O–H groups in total. The molecule has 0 bridgehead atoms. The Balaban J connectivity index is 1.82. The molecule has 2 aromatic carbocycles. The van der Waals surface area contributed by atoms with Gasteiger partial charge in [-0.25, -0.2) is 0 Å². The van der Waals surface area contributed by atoms with E-state index < -0.39 is 18.7 Å². The van der Waals surface area contributed by atoms with E-state index in [-0.39, 0.29) is 34.5 Å². The normalized spacial score (nSPS) is 13.6. The van der Waals surface area contributed by atoms with Crippen LogP contribution in [0.3, 0.4) is 0 Å². The molecule has 1 aliphatic rings. The maximum Gasteiger partial charge on any atom is 0.422 e. The monoisotopic (exact) mass is 413 g/mol. The number of rotatable bonds is 4. The lowest BCUT2D eigenvalue weighted by molar-refractivity contribution is -0.153. The lowest BCUT2D eigenvalue weighted by Gasteiger charge is -2.27. The van der Waals surface area contributed by atoms with E-state index in [1.807, 2.05) is 0 Å². The molecule has 1 heterocycles. The third-order valence-electron chi connectivity index (χ3n) is 3.91. The zero-order chi connectivity index (χ0) is 20.5. The number of likely N-dealkylation sites (N-methyl/N-ethyl adjacent to an activating group) is 1. The second-order valence-corrected chi connectivity index (χ2v) is 6.57. The number of halogens is 4. The molecule has 0 aliphatic carbocycles. The van der Waals surface area contributed by atoms with Crippen molar-refractivity contribution >= 4 is 40.5 Å². The molecule has 0 spiro atoms.